The second kappa shape index (κ2) is 7.79. The molecule has 9 heteroatoms. The van der Waals surface area contributed by atoms with E-state index in [9.17, 15) is 8.42 Å². The van der Waals surface area contributed by atoms with Gasteiger partial charge in [0.15, 0.2) is 5.76 Å². The van der Waals surface area contributed by atoms with Gasteiger partial charge >= 0.3 is 0 Å². The van der Waals surface area contributed by atoms with Gasteiger partial charge in [-0.1, -0.05) is 5.16 Å². The molecule has 0 fully saturated rings. The Hall–Kier alpha value is -2.52. The molecular weight excluding hydrogens is 376 g/mol. The van der Waals surface area contributed by atoms with Gasteiger partial charge < -0.3 is 14.0 Å². The van der Waals surface area contributed by atoms with E-state index in [1.54, 1.807) is 30.3 Å². The molecule has 0 amide bonds. The molecule has 138 valence electrons. The van der Waals surface area contributed by atoms with E-state index in [-0.39, 0.29) is 4.21 Å². The number of sulfonamides is 1. The summed E-state index contributed by atoms with van der Waals surface area (Å²) in [5.41, 5.74) is 0.326. The predicted molar refractivity (Wildman–Crippen MR) is 99.4 cm³/mol. The maximum Gasteiger partial charge on any atom is 0.271 e. The van der Waals surface area contributed by atoms with Crippen molar-refractivity contribution < 1.29 is 22.4 Å². The van der Waals surface area contributed by atoms with Gasteiger partial charge in [0, 0.05) is 12.1 Å². The van der Waals surface area contributed by atoms with E-state index in [0.29, 0.717) is 41.0 Å². The molecular formula is C17H18N2O5S2. The van der Waals surface area contributed by atoms with Gasteiger partial charge in [0.2, 0.25) is 0 Å². The topological polar surface area (TPSA) is 90.7 Å². The van der Waals surface area contributed by atoms with Crippen molar-refractivity contribution in [3.8, 4) is 22.1 Å². The Bertz CT molecular complexity index is 965. The number of nitrogens with one attached hydrogen (secondary N) is 1. The Morgan fingerprint density at radius 2 is 1.92 bits per heavy atom. The van der Waals surface area contributed by atoms with Crippen LogP contribution in [0.25, 0.3) is 10.6 Å². The fourth-order valence-electron chi connectivity index (χ4n) is 2.26. The summed E-state index contributed by atoms with van der Waals surface area (Å²) in [6.07, 6.45) is 1.51. The van der Waals surface area contributed by atoms with Gasteiger partial charge in [0.1, 0.15) is 15.7 Å². The number of aromatic nitrogens is 1. The van der Waals surface area contributed by atoms with Crippen LogP contribution in [0.4, 0.5) is 5.69 Å². The second-order valence-corrected chi connectivity index (χ2v) is 8.12. The van der Waals surface area contributed by atoms with Crippen molar-refractivity contribution in [2.45, 2.75) is 18.1 Å². The van der Waals surface area contributed by atoms with E-state index in [4.69, 9.17) is 14.0 Å². The molecule has 1 aromatic carbocycles. The number of rotatable bonds is 8. The second-order valence-electron chi connectivity index (χ2n) is 5.12. The minimum absolute atomic E-state index is 0.160. The first kappa shape index (κ1) is 18.3. The maximum atomic E-state index is 12.8. The Morgan fingerprint density at radius 1 is 1.12 bits per heavy atom. The third-order valence-electron chi connectivity index (χ3n) is 3.33. The van der Waals surface area contributed by atoms with Crippen LogP contribution in [0.2, 0.25) is 0 Å². The SMILES string of the molecule is CCOc1ccc(OCC)c(NS(=O)(=O)c2ccc(-c3ccno3)s2)c1. The van der Waals surface area contributed by atoms with E-state index in [2.05, 4.69) is 9.88 Å². The zero-order chi connectivity index (χ0) is 18.6. The number of anilines is 1. The van der Waals surface area contributed by atoms with Crippen LogP contribution < -0.4 is 14.2 Å². The Kier molecular flexibility index (Phi) is 5.48. The number of nitrogens with zero attached hydrogens (tertiary/aromatic N) is 1. The molecule has 3 aromatic rings. The molecule has 2 heterocycles. The molecule has 0 spiro atoms. The summed E-state index contributed by atoms with van der Waals surface area (Å²) in [4.78, 5) is 0.677. The van der Waals surface area contributed by atoms with Crippen LogP contribution in [-0.4, -0.2) is 26.8 Å². The molecule has 0 radical (unpaired) electrons. The summed E-state index contributed by atoms with van der Waals surface area (Å²) in [6, 6.07) is 9.91. The highest BCUT2D eigenvalue weighted by atomic mass is 32.2. The standard InChI is InChI=1S/C17H18N2O5S2/c1-3-22-12-5-6-14(23-4-2)13(11-12)19-26(20,21)17-8-7-16(25-17)15-9-10-18-24-15/h5-11,19H,3-4H2,1-2H3. The fourth-order valence-corrected chi connectivity index (χ4v) is 4.59. The molecule has 1 N–H and O–H groups in total. The van der Waals surface area contributed by atoms with Crippen molar-refractivity contribution >= 4 is 27.0 Å². The van der Waals surface area contributed by atoms with Gasteiger partial charge in [-0.3, -0.25) is 4.72 Å². The van der Waals surface area contributed by atoms with Crippen LogP contribution in [-0.2, 0) is 10.0 Å². The average molecular weight is 394 g/mol. The Labute approximate surface area is 155 Å². The van der Waals surface area contributed by atoms with Crippen molar-refractivity contribution in [1.82, 2.24) is 5.16 Å². The van der Waals surface area contributed by atoms with E-state index in [1.807, 2.05) is 13.8 Å². The van der Waals surface area contributed by atoms with Gasteiger partial charge in [-0.05, 0) is 38.1 Å². The number of benzene rings is 1. The molecule has 0 aliphatic heterocycles. The third kappa shape index (κ3) is 4.00. The summed E-state index contributed by atoms with van der Waals surface area (Å²) in [6.45, 7) is 4.58. The van der Waals surface area contributed by atoms with Gasteiger partial charge in [0.05, 0.1) is 30.0 Å². The molecule has 7 nitrogen and oxygen atoms in total. The van der Waals surface area contributed by atoms with Gasteiger partial charge in [-0.2, -0.15) is 0 Å². The highest BCUT2D eigenvalue weighted by Crippen LogP contribution is 2.34. The predicted octanol–water partition coefficient (Wildman–Crippen LogP) is 4.00. The first-order valence-corrected chi connectivity index (χ1v) is 10.3. The molecule has 0 saturated carbocycles. The van der Waals surface area contributed by atoms with E-state index >= 15 is 0 Å². The molecule has 0 bridgehead atoms. The first-order chi connectivity index (χ1) is 12.5. The molecule has 2 aromatic heterocycles. The number of hydrogen-bond acceptors (Lipinski definition) is 7. The van der Waals surface area contributed by atoms with Crippen molar-refractivity contribution in [2.75, 3.05) is 17.9 Å². The van der Waals surface area contributed by atoms with Crippen LogP contribution in [0.15, 0.2) is 51.3 Å². The minimum Gasteiger partial charge on any atom is -0.494 e. The summed E-state index contributed by atoms with van der Waals surface area (Å²) in [5, 5.41) is 3.63. The molecule has 0 unspecified atom stereocenters. The van der Waals surface area contributed by atoms with Crippen molar-refractivity contribution in [2.24, 2.45) is 0 Å². The van der Waals surface area contributed by atoms with Crippen molar-refractivity contribution in [1.29, 1.82) is 0 Å². The van der Waals surface area contributed by atoms with Crippen LogP contribution in [0.5, 0.6) is 11.5 Å². The number of thiophene rings is 1. The molecule has 0 saturated heterocycles. The van der Waals surface area contributed by atoms with Crippen LogP contribution in [0, 0.1) is 0 Å². The van der Waals surface area contributed by atoms with Crippen LogP contribution in [0.1, 0.15) is 13.8 Å². The fraction of sp³-hybridized carbons (Fsp3) is 0.235. The molecule has 0 aliphatic carbocycles. The van der Waals surface area contributed by atoms with Crippen LogP contribution >= 0.6 is 11.3 Å². The first-order valence-electron chi connectivity index (χ1n) is 7.97. The lowest BCUT2D eigenvalue weighted by molar-refractivity contribution is 0.332. The van der Waals surface area contributed by atoms with Gasteiger partial charge in [-0.15, -0.1) is 11.3 Å². The lowest BCUT2D eigenvalue weighted by atomic mass is 10.3. The molecule has 26 heavy (non-hydrogen) atoms. The van der Waals surface area contributed by atoms with E-state index < -0.39 is 10.0 Å². The van der Waals surface area contributed by atoms with Crippen molar-refractivity contribution in [3.05, 3.63) is 42.6 Å². The average Bonchev–Trinajstić information content (AvgIpc) is 3.28. The van der Waals surface area contributed by atoms with Gasteiger partial charge in [0.25, 0.3) is 10.0 Å². The highest BCUT2D eigenvalue weighted by molar-refractivity contribution is 7.94. The van der Waals surface area contributed by atoms with Gasteiger partial charge in [-0.25, -0.2) is 8.42 Å². The van der Waals surface area contributed by atoms with Crippen molar-refractivity contribution in [3.63, 3.8) is 0 Å². The lowest BCUT2D eigenvalue weighted by Gasteiger charge is -2.14. The number of hydrogen-bond donors (Lipinski definition) is 1. The molecule has 0 atom stereocenters. The Morgan fingerprint density at radius 3 is 2.62 bits per heavy atom. The highest BCUT2D eigenvalue weighted by Gasteiger charge is 2.21. The zero-order valence-corrected chi connectivity index (χ0v) is 15.9. The normalized spacial score (nSPS) is 11.3. The van der Waals surface area contributed by atoms with Crippen LogP contribution in [0.3, 0.4) is 0 Å². The summed E-state index contributed by atoms with van der Waals surface area (Å²) in [7, 11) is -3.79. The zero-order valence-electron chi connectivity index (χ0n) is 14.3. The van der Waals surface area contributed by atoms with E-state index in [0.717, 1.165) is 11.3 Å². The molecule has 3 rings (SSSR count). The monoisotopic (exact) mass is 394 g/mol. The maximum absolute atomic E-state index is 12.8. The smallest absolute Gasteiger partial charge is 0.271 e. The van der Waals surface area contributed by atoms with E-state index in [1.165, 1.54) is 12.3 Å². The minimum atomic E-state index is -3.79. The third-order valence-corrected chi connectivity index (χ3v) is 6.29. The molecule has 0 aliphatic rings. The summed E-state index contributed by atoms with van der Waals surface area (Å²) in [5.74, 6) is 1.51. The summed E-state index contributed by atoms with van der Waals surface area (Å²) >= 11 is 1.09. The Balaban J connectivity index is 1.90. The quantitative estimate of drug-likeness (QED) is 0.621. The summed E-state index contributed by atoms with van der Waals surface area (Å²) < 4.78 is 44.3. The number of ether oxygens (including phenoxy) is 2. The lowest BCUT2D eigenvalue weighted by Crippen LogP contribution is -2.12. The largest absolute Gasteiger partial charge is 0.494 e.